The van der Waals surface area contributed by atoms with Crippen LogP contribution in [0.2, 0.25) is 5.02 Å². The zero-order valence-corrected chi connectivity index (χ0v) is 12.2. The molecule has 1 amide bonds. The Bertz CT molecular complexity index is 671. The highest BCUT2D eigenvalue weighted by Gasteiger charge is 2.25. The van der Waals surface area contributed by atoms with Crippen molar-refractivity contribution in [1.29, 1.82) is 0 Å². The van der Waals surface area contributed by atoms with Crippen molar-refractivity contribution in [3.63, 3.8) is 0 Å². The van der Waals surface area contributed by atoms with Gasteiger partial charge in [0.1, 0.15) is 5.75 Å². The molecular weight excluding hydrogens is 292 g/mol. The normalized spacial score (nSPS) is 17.1. The number of fused-ring (bicyclic) bond motifs is 1. The van der Waals surface area contributed by atoms with Crippen LogP contribution in [-0.4, -0.2) is 29.0 Å². The molecule has 7 heteroatoms. The maximum atomic E-state index is 12.3. The Hall–Kier alpha value is -2.05. The Labute approximate surface area is 126 Å². The number of aromatic amines is 1. The van der Waals surface area contributed by atoms with Gasteiger partial charge in [0.25, 0.3) is 0 Å². The van der Waals surface area contributed by atoms with Gasteiger partial charge in [-0.1, -0.05) is 11.6 Å². The first-order valence-corrected chi connectivity index (χ1v) is 6.94. The van der Waals surface area contributed by atoms with E-state index in [1.165, 1.54) is 0 Å². The van der Waals surface area contributed by atoms with Crippen molar-refractivity contribution < 1.29 is 9.53 Å². The maximum Gasteiger partial charge on any atom is 0.241 e. The van der Waals surface area contributed by atoms with E-state index in [1.54, 1.807) is 31.6 Å². The van der Waals surface area contributed by atoms with Crippen LogP contribution < -0.4 is 15.4 Å². The van der Waals surface area contributed by atoms with Gasteiger partial charge in [-0.15, -0.1) is 0 Å². The lowest BCUT2D eigenvalue weighted by Crippen LogP contribution is -2.44. The first-order chi connectivity index (χ1) is 10.2. The minimum Gasteiger partial charge on any atom is -0.495 e. The summed E-state index contributed by atoms with van der Waals surface area (Å²) in [6.45, 7) is 0.608. The molecule has 0 saturated carbocycles. The molecule has 1 unspecified atom stereocenters. The number of halogens is 1. The predicted octanol–water partition coefficient (Wildman–Crippen LogP) is 1.72. The summed E-state index contributed by atoms with van der Waals surface area (Å²) < 4.78 is 5.08. The van der Waals surface area contributed by atoms with Crippen LogP contribution in [0.5, 0.6) is 5.75 Å². The van der Waals surface area contributed by atoms with Crippen molar-refractivity contribution in [2.24, 2.45) is 0 Å². The van der Waals surface area contributed by atoms with Crippen molar-refractivity contribution in [3.05, 3.63) is 40.9 Å². The average molecular weight is 307 g/mol. The average Bonchev–Trinajstić information content (AvgIpc) is 2.94. The van der Waals surface area contributed by atoms with Gasteiger partial charge in [0.05, 0.1) is 35.9 Å². The molecule has 6 nitrogen and oxygen atoms in total. The Morgan fingerprint density at radius 3 is 3.14 bits per heavy atom. The highest BCUT2D eigenvalue weighted by Crippen LogP contribution is 2.27. The molecule has 0 fully saturated rings. The quantitative estimate of drug-likeness (QED) is 0.807. The van der Waals surface area contributed by atoms with Crippen LogP contribution >= 0.6 is 11.6 Å². The number of nitrogens with zero attached hydrogens (tertiary/aromatic N) is 1. The van der Waals surface area contributed by atoms with Crippen LogP contribution in [0.1, 0.15) is 11.4 Å². The van der Waals surface area contributed by atoms with E-state index in [2.05, 4.69) is 20.6 Å². The zero-order valence-electron chi connectivity index (χ0n) is 11.4. The van der Waals surface area contributed by atoms with Crippen molar-refractivity contribution in [1.82, 2.24) is 15.3 Å². The molecule has 3 rings (SSSR count). The number of nitrogens with one attached hydrogen (secondary N) is 3. The summed E-state index contributed by atoms with van der Waals surface area (Å²) in [4.78, 5) is 19.5. The Morgan fingerprint density at radius 2 is 2.38 bits per heavy atom. The first kappa shape index (κ1) is 13.9. The minimum absolute atomic E-state index is 0.107. The standard InChI is InChI=1S/C14H15ClN4O2/c1-21-13-3-2-8(4-9(13)15)19-14(20)11-5-10-12(6-16-11)18-7-17-10/h2-4,7,11,16H,5-6H2,1H3,(H,17,18)(H,19,20). The zero-order chi connectivity index (χ0) is 14.8. The molecule has 0 saturated heterocycles. The number of hydrogen-bond donors (Lipinski definition) is 3. The predicted molar refractivity (Wildman–Crippen MR) is 79.6 cm³/mol. The third-order valence-corrected chi connectivity index (χ3v) is 3.76. The molecule has 1 atom stereocenters. The van der Waals surface area contributed by atoms with E-state index in [-0.39, 0.29) is 11.9 Å². The molecule has 1 aliphatic heterocycles. The molecule has 0 spiro atoms. The number of hydrogen-bond acceptors (Lipinski definition) is 4. The molecule has 3 N–H and O–H groups in total. The molecule has 1 aromatic carbocycles. The Kier molecular flexibility index (Phi) is 3.81. The first-order valence-electron chi connectivity index (χ1n) is 6.56. The highest BCUT2D eigenvalue weighted by molar-refractivity contribution is 6.32. The van der Waals surface area contributed by atoms with Gasteiger partial charge in [0.15, 0.2) is 0 Å². The number of carbonyl (C=O) groups excluding carboxylic acids is 1. The Balaban J connectivity index is 1.68. The molecule has 0 aliphatic carbocycles. The lowest BCUT2D eigenvalue weighted by Gasteiger charge is -2.22. The fourth-order valence-corrected chi connectivity index (χ4v) is 2.59. The van der Waals surface area contributed by atoms with Crippen molar-refractivity contribution in [2.75, 3.05) is 12.4 Å². The fourth-order valence-electron chi connectivity index (χ4n) is 2.33. The number of ether oxygens (including phenoxy) is 1. The van der Waals surface area contributed by atoms with E-state index in [4.69, 9.17) is 16.3 Å². The van der Waals surface area contributed by atoms with E-state index in [0.717, 1.165) is 11.4 Å². The number of amides is 1. The summed E-state index contributed by atoms with van der Waals surface area (Å²) in [5.41, 5.74) is 2.61. The molecular formula is C14H15ClN4O2. The minimum atomic E-state index is -0.304. The number of methoxy groups -OCH3 is 1. The second kappa shape index (κ2) is 5.75. The maximum absolute atomic E-state index is 12.3. The molecule has 0 radical (unpaired) electrons. The van der Waals surface area contributed by atoms with Gasteiger partial charge in [0.2, 0.25) is 5.91 Å². The summed E-state index contributed by atoms with van der Waals surface area (Å²) in [6.07, 6.45) is 2.21. The summed E-state index contributed by atoms with van der Waals surface area (Å²) in [6, 6.07) is 4.84. The summed E-state index contributed by atoms with van der Waals surface area (Å²) in [5.74, 6) is 0.469. The van der Waals surface area contributed by atoms with E-state index in [9.17, 15) is 4.79 Å². The van der Waals surface area contributed by atoms with Crippen LogP contribution in [0, 0.1) is 0 Å². The van der Waals surface area contributed by atoms with Gasteiger partial charge in [0, 0.05) is 18.7 Å². The van der Waals surface area contributed by atoms with Gasteiger partial charge >= 0.3 is 0 Å². The largest absolute Gasteiger partial charge is 0.495 e. The van der Waals surface area contributed by atoms with Crippen LogP contribution in [0.4, 0.5) is 5.69 Å². The van der Waals surface area contributed by atoms with Crippen molar-refractivity contribution >= 4 is 23.2 Å². The van der Waals surface area contributed by atoms with Gasteiger partial charge in [-0.2, -0.15) is 0 Å². The van der Waals surface area contributed by atoms with Crippen molar-refractivity contribution in [3.8, 4) is 5.75 Å². The van der Waals surface area contributed by atoms with Crippen LogP contribution in [0.25, 0.3) is 0 Å². The molecule has 110 valence electrons. The van der Waals surface area contributed by atoms with Gasteiger partial charge in [-0.3, -0.25) is 10.1 Å². The van der Waals surface area contributed by atoms with Crippen LogP contribution in [-0.2, 0) is 17.8 Å². The number of anilines is 1. The smallest absolute Gasteiger partial charge is 0.241 e. The lowest BCUT2D eigenvalue weighted by atomic mass is 10.0. The fraction of sp³-hybridized carbons (Fsp3) is 0.286. The summed E-state index contributed by atoms with van der Waals surface area (Å²) in [7, 11) is 1.55. The highest BCUT2D eigenvalue weighted by atomic mass is 35.5. The molecule has 0 bridgehead atoms. The molecule has 21 heavy (non-hydrogen) atoms. The number of imidazole rings is 1. The summed E-state index contributed by atoms with van der Waals surface area (Å²) >= 11 is 6.04. The molecule has 2 heterocycles. The molecule has 1 aliphatic rings. The van der Waals surface area contributed by atoms with E-state index >= 15 is 0 Å². The van der Waals surface area contributed by atoms with Crippen LogP contribution in [0.3, 0.4) is 0 Å². The SMILES string of the molecule is COc1ccc(NC(=O)C2Cc3nc[nH]c3CN2)cc1Cl. The number of aromatic nitrogens is 2. The monoisotopic (exact) mass is 306 g/mol. The Morgan fingerprint density at radius 1 is 1.52 bits per heavy atom. The lowest BCUT2D eigenvalue weighted by molar-refractivity contribution is -0.118. The van der Waals surface area contributed by atoms with E-state index < -0.39 is 0 Å². The molecule has 2 aromatic rings. The van der Waals surface area contributed by atoms with E-state index in [1.807, 2.05) is 0 Å². The topological polar surface area (TPSA) is 79.0 Å². The van der Waals surface area contributed by atoms with Gasteiger partial charge in [-0.05, 0) is 18.2 Å². The van der Waals surface area contributed by atoms with E-state index in [0.29, 0.717) is 29.4 Å². The number of H-pyrrole nitrogens is 1. The molecule has 1 aromatic heterocycles. The number of benzene rings is 1. The van der Waals surface area contributed by atoms with Gasteiger partial charge < -0.3 is 15.0 Å². The second-order valence-electron chi connectivity index (χ2n) is 4.80. The van der Waals surface area contributed by atoms with Crippen molar-refractivity contribution in [2.45, 2.75) is 19.0 Å². The van der Waals surface area contributed by atoms with Gasteiger partial charge in [-0.25, -0.2) is 4.98 Å². The second-order valence-corrected chi connectivity index (χ2v) is 5.21. The van der Waals surface area contributed by atoms with Crippen LogP contribution in [0.15, 0.2) is 24.5 Å². The third kappa shape index (κ3) is 2.86. The third-order valence-electron chi connectivity index (χ3n) is 3.47. The number of rotatable bonds is 3. The number of carbonyl (C=O) groups is 1. The summed E-state index contributed by atoms with van der Waals surface area (Å²) in [5, 5.41) is 6.48.